The summed E-state index contributed by atoms with van der Waals surface area (Å²) in [4.78, 5) is 0. The zero-order chi connectivity index (χ0) is 11.2. The standard InChI is InChI=1S/C7H10F3N.C2H7N/c8-7(9,10)5-2-1-3-6(11)4-5;1-3-2/h2,6H,1,3-4,11H2;3H,1-2H3. The minimum absolute atomic E-state index is 0.0243. The number of alkyl halides is 3. The smallest absolute Gasteiger partial charge is 0.327 e. The lowest BCUT2D eigenvalue weighted by molar-refractivity contribution is -0.0955. The SMILES string of the molecule is CNC.NC1CCC=C(C(F)(F)F)C1. The quantitative estimate of drug-likeness (QED) is 0.598. The minimum atomic E-state index is -4.17. The lowest BCUT2D eigenvalue weighted by Gasteiger charge is -2.20. The topological polar surface area (TPSA) is 38.0 Å². The lowest BCUT2D eigenvalue weighted by Crippen LogP contribution is -2.27. The van der Waals surface area contributed by atoms with Crippen LogP contribution in [-0.2, 0) is 0 Å². The van der Waals surface area contributed by atoms with Crippen LogP contribution < -0.4 is 11.1 Å². The first-order valence-electron chi connectivity index (χ1n) is 4.52. The average molecular weight is 210 g/mol. The molecule has 0 aromatic carbocycles. The fourth-order valence-electron chi connectivity index (χ4n) is 1.17. The van der Waals surface area contributed by atoms with Crippen molar-refractivity contribution in [2.45, 2.75) is 31.5 Å². The van der Waals surface area contributed by atoms with Gasteiger partial charge in [0, 0.05) is 11.6 Å². The summed E-state index contributed by atoms with van der Waals surface area (Å²) in [6.45, 7) is 0. The number of hydrogen-bond donors (Lipinski definition) is 2. The van der Waals surface area contributed by atoms with E-state index in [1.165, 1.54) is 6.08 Å². The van der Waals surface area contributed by atoms with Gasteiger partial charge in [0.05, 0.1) is 0 Å². The predicted molar refractivity (Wildman–Crippen MR) is 50.9 cm³/mol. The summed E-state index contributed by atoms with van der Waals surface area (Å²) >= 11 is 0. The molecule has 1 rings (SSSR count). The summed E-state index contributed by atoms with van der Waals surface area (Å²) in [6.07, 6.45) is -1.83. The van der Waals surface area contributed by atoms with Crippen LogP contribution in [0.25, 0.3) is 0 Å². The molecule has 0 aliphatic heterocycles. The Morgan fingerprint density at radius 2 is 1.93 bits per heavy atom. The summed E-state index contributed by atoms with van der Waals surface area (Å²) in [5.74, 6) is 0. The molecule has 1 atom stereocenters. The van der Waals surface area contributed by atoms with Gasteiger partial charge in [0.25, 0.3) is 0 Å². The van der Waals surface area contributed by atoms with Crippen LogP contribution in [0, 0.1) is 0 Å². The predicted octanol–water partition coefficient (Wildman–Crippen LogP) is 1.82. The van der Waals surface area contributed by atoms with Crippen LogP contribution in [0.1, 0.15) is 19.3 Å². The number of nitrogens with one attached hydrogen (secondary N) is 1. The van der Waals surface area contributed by atoms with Crippen LogP contribution in [0.5, 0.6) is 0 Å². The molecule has 0 aromatic heterocycles. The monoisotopic (exact) mass is 210 g/mol. The molecule has 2 nitrogen and oxygen atoms in total. The molecule has 84 valence electrons. The molecule has 0 radical (unpaired) electrons. The molecule has 0 fully saturated rings. The van der Waals surface area contributed by atoms with Gasteiger partial charge in [-0.1, -0.05) is 6.08 Å². The summed E-state index contributed by atoms with van der Waals surface area (Å²) in [5.41, 5.74) is 4.92. The van der Waals surface area contributed by atoms with E-state index in [-0.39, 0.29) is 12.5 Å². The Balaban J connectivity index is 0.000000500. The minimum Gasteiger partial charge on any atom is -0.327 e. The van der Waals surface area contributed by atoms with Gasteiger partial charge < -0.3 is 11.1 Å². The molecule has 0 bridgehead atoms. The van der Waals surface area contributed by atoms with Gasteiger partial charge in [-0.05, 0) is 33.4 Å². The molecule has 3 N–H and O–H groups in total. The van der Waals surface area contributed by atoms with Crippen LogP contribution in [0.3, 0.4) is 0 Å². The van der Waals surface area contributed by atoms with Gasteiger partial charge in [-0.2, -0.15) is 13.2 Å². The Morgan fingerprint density at radius 1 is 1.43 bits per heavy atom. The first-order valence-corrected chi connectivity index (χ1v) is 4.52. The van der Waals surface area contributed by atoms with Crippen molar-refractivity contribution >= 4 is 0 Å². The number of allylic oxidation sites excluding steroid dienone is 1. The van der Waals surface area contributed by atoms with Crippen molar-refractivity contribution in [2.75, 3.05) is 14.1 Å². The third kappa shape index (κ3) is 5.24. The maximum absolute atomic E-state index is 12.0. The van der Waals surface area contributed by atoms with E-state index in [1.807, 2.05) is 14.1 Å². The molecule has 0 saturated carbocycles. The summed E-state index contributed by atoms with van der Waals surface area (Å²) in [5, 5.41) is 2.75. The average Bonchev–Trinajstić information content (AvgIpc) is 2.04. The molecule has 1 aliphatic rings. The van der Waals surface area contributed by atoms with E-state index in [9.17, 15) is 13.2 Å². The van der Waals surface area contributed by atoms with Crippen molar-refractivity contribution in [3.63, 3.8) is 0 Å². The van der Waals surface area contributed by atoms with E-state index in [0.29, 0.717) is 12.8 Å². The second kappa shape index (κ2) is 6.03. The lowest BCUT2D eigenvalue weighted by atomic mass is 9.95. The molecule has 0 spiro atoms. The fourth-order valence-corrected chi connectivity index (χ4v) is 1.17. The number of halogens is 3. The molecular weight excluding hydrogens is 193 g/mol. The molecule has 14 heavy (non-hydrogen) atoms. The third-order valence-corrected chi connectivity index (χ3v) is 1.77. The molecule has 1 unspecified atom stereocenters. The van der Waals surface area contributed by atoms with Crippen LogP contribution in [-0.4, -0.2) is 26.3 Å². The maximum Gasteiger partial charge on any atom is 0.412 e. The van der Waals surface area contributed by atoms with Crippen LogP contribution >= 0.6 is 0 Å². The van der Waals surface area contributed by atoms with Crippen molar-refractivity contribution in [3.05, 3.63) is 11.6 Å². The fraction of sp³-hybridized carbons (Fsp3) is 0.778. The molecule has 0 amide bonds. The first kappa shape index (κ1) is 13.4. The van der Waals surface area contributed by atoms with E-state index in [1.54, 1.807) is 0 Å². The van der Waals surface area contributed by atoms with Gasteiger partial charge in [0.2, 0.25) is 0 Å². The molecule has 0 heterocycles. The van der Waals surface area contributed by atoms with E-state index < -0.39 is 11.7 Å². The van der Waals surface area contributed by atoms with Crippen LogP contribution in [0.15, 0.2) is 11.6 Å². The summed E-state index contributed by atoms with van der Waals surface area (Å²) in [7, 11) is 3.75. The Labute approximate surface area is 82.4 Å². The number of nitrogens with two attached hydrogens (primary N) is 1. The number of rotatable bonds is 0. The van der Waals surface area contributed by atoms with E-state index in [4.69, 9.17) is 5.73 Å². The molecule has 0 saturated heterocycles. The highest BCUT2D eigenvalue weighted by molar-refractivity contribution is 5.13. The molecule has 5 heteroatoms. The van der Waals surface area contributed by atoms with Crippen LogP contribution in [0.4, 0.5) is 13.2 Å². The highest BCUT2D eigenvalue weighted by atomic mass is 19.4. The second-order valence-corrected chi connectivity index (χ2v) is 3.27. The van der Waals surface area contributed by atoms with Gasteiger partial charge in [0.15, 0.2) is 0 Å². The van der Waals surface area contributed by atoms with Crippen molar-refractivity contribution in [1.29, 1.82) is 0 Å². The largest absolute Gasteiger partial charge is 0.412 e. The van der Waals surface area contributed by atoms with Crippen LogP contribution in [0.2, 0.25) is 0 Å². The van der Waals surface area contributed by atoms with Gasteiger partial charge in [0.1, 0.15) is 0 Å². The van der Waals surface area contributed by atoms with Crippen molar-refractivity contribution < 1.29 is 13.2 Å². The highest BCUT2D eigenvalue weighted by Crippen LogP contribution is 2.32. The van der Waals surface area contributed by atoms with E-state index in [2.05, 4.69) is 5.32 Å². The Kier molecular flexibility index (Phi) is 5.79. The molecule has 1 aliphatic carbocycles. The normalized spacial score (nSPS) is 22.1. The van der Waals surface area contributed by atoms with Crippen molar-refractivity contribution in [1.82, 2.24) is 5.32 Å². The zero-order valence-corrected chi connectivity index (χ0v) is 8.49. The summed E-state index contributed by atoms with van der Waals surface area (Å²) < 4.78 is 36.0. The van der Waals surface area contributed by atoms with Crippen molar-refractivity contribution in [3.8, 4) is 0 Å². The Bertz CT molecular complexity index is 187. The van der Waals surface area contributed by atoms with Gasteiger partial charge >= 0.3 is 6.18 Å². The summed E-state index contributed by atoms with van der Waals surface area (Å²) in [6, 6.07) is -0.309. The van der Waals surface area contributed by atoms with E-state index in [0.717, 1.165) is 0 Å². The zero-order valence-electron chi connectivity index (χ0n) is 8.49. The second-order valence-electron chi connectivity index (χ2n) is 3.27. The van der Waals surface area contributed by atoms with Gasteiger partial charge in [-0.15, -0.1) is 0 Å². The van der Waals surface area contributed by atoms with Crippen molar-refractivity contribution in [2.24, 2.45) is 5.73 Å². The van der Waals surface area contributed by atoms with Gasteiger partial charge in [-0.25, -0.2) is 0 Å². The molecule has 0 aromatic rings. The highest BCUT2D eigenvalue weighted by Gasteiger charge is 2.35. The maximum atomic E-state index is 12.0. The Hall–Kier alpha value is -0.550. The third-order valence-electron chi connectivity index (χ3n) is 1.77. The molecular formula is C9H17F3N2. The first-order chi connectivity index (χ1) is 6.41. The van der Waals surface area contributed by atoms with Gasteiger partial charge in [-0.3, -0.25) is 0 Å². The van der Waals surface area contributed by atoms with E-state index >= 15 is 0 Å². The Morgan fingerprint density at radius 3 is 2.21 bits per heavy atom. The number of hydrogen-bond acceptors (Lipinski definition) is 2.